The second-order valence-corrected chi connectivity index (χ2v) is 16.7. The molecule has 0 fully saturated rings. The Balaban J connectivity index is 2.21. The average Bonchev–Trinajstić information content (AvgIpc) is 2.92. The Kier molecular flexibility index (Phi) is 10.4. The van der Waals surface area contributed by atoms with Gasteiger partial charge in [0.15, 0.2) is 0 Å². The minimum absolute atomic E-state index is 0.399. The van der Waals surface area contributed by atoms with E-state index in [2.05, 4.69) is 58.1 Å². The molecule has 5 heteroatoms. The van der Waals surface area contributed by atoms with Gasteiger partial charge in [0.25, 0.3) is 0 Å². The van der Waals surface area contributed by atoms with Crippen molar-refractivity contribution < 1.29 is 12.4 Å². The summed E-state index contributed by atoms with van der Waals surface area (Å²) in [5.74, 6) is 0. The van der Waals surface area contributed by atoms with E-state index in [-0.39, 0.29) is 0 Å². The molecule has 0 saturated carbocycles. The number of hydrogen-bond acceptors (Lipinski definition) is 3. The summed E-state index contributed by atoms with van der Waals surface area (Å²) < 4.78 is 32.9. The van der Waals surface area contributed by atoms with Crippen molar-refractivity contribution in [1.29, 1.82) is 0 Å². The summed E-state index contributed by atoms with van der Waals surface area (Å²) in [6.45, 7) is 4.43. The van der Waals surface area contributed by atoms with Crippen LogP contribution in [0.1, 0.15) is 40.5 Å². The third-order valence-corrected chi connectivity index (χ3v) is 14.2. The van der Waals surface area contributed by atoms with Gasteiger partial charge in [0, 0.05) is 0 Å². The van der Waals surface area contributed by atoms with Gasteiger partial charge in [-0.3, -0.25) is 0 Å². The van der Waals surface area contributed by atoms with E-state index in [0.29, 0.717) is 6.16 Å². The van der Waals surface area contributed by atoms with E-state index in [9.17, 15) is 8.42 Å². The van der Waals surface area contributed by atoms with E-state index in [1.165, 1.54) is 11.1 Å². The van der Waals surface area contributed by atoms with E-state index in [1.807, 2.05) is 91.0 Å². The van der Waals surface area contributed by atoms with Crippen molar-refractivity contribution in [1.82, 2.24) is 0 Å². The SMILES string of the molecule is CC(C)=CCC/C(C)=C/C=C/C(C)=C/CP(OS(C)(=O)=O)(c1ccccc1)(c1ccccc1)c1ccccc1. The van der Waals surface area contributed by atoms with Crippen LogP contribution in [0.2, 0.25) is 0 Å². The second-order valence-electron chi connectivity index (χ2n) is 10.3. The molecule has 0 bridgehead atoms. The third kappa shape index (κ3) is 7.54. The Hall–Kier alpha value is -3.04. The Labute approximate surface area is 235 Å². The molecule has 0 heterocycles. The molecule has 0 unspecified atom stereocenters. The fourth-order valence-electron chi connectivity index (χ4n) is 4.87. The molecule has 3 aromatic rings. The molecule has 0 spiro atoms. The van der Waals surface area contributed by atoms with Crippen LogP contribution < -0.4 is 15.9 Å². The fourth-order valence-corrected chi connectivity index (χ4v) is 13.1. The van der Waals surface area contributed by atoms with Crippen molar-refractivity contribution in [2.24, 2.45) is 0 Å². The molecule has 0 aromatic heterocycles. The van der Waals surface area contributed by atoms with E-state index in [4.69, 9.17) is 3.97 Å². The van der Waals surface area contributed by atoms with Crippen LogP contribution in [0.3, 0.4) is 0 Å². The molecule has 0 aliphatic heterocycles. The van der Waals surface area contributed by atoms with Crippen LogP contribution in [0.25, 0.3) is 0 Å². The molecule has 0 radical (unpaired) electrons. The minimum atomic E-state index is -4.01. The average molecular weight is 561 g/mol. The number of rotatable bonds is 12. The van der Waals surface area contributed by atoms with E-state index >= 15 is 0 Å². The summed E-state index contributed by atoms with van der Waals surface area (Å²) in [5.41, 5.74) is 3.69. The quantitative estimate of drug-likeness (QED) is 0.130. The van der Waals surface area contributed by atoms with E-state index in [0.717, 1.165) is 40.6 Å². The van der Waals surface area contributed by atoms with Crippen molar-refractivity contribution in [3.63, 3.8) is 0 Å². The predicted octanol–water partition coefficient (Wildman–Crippen LogP) is 7.60. The normalized spacial score (nSPS) is 14.1. The molecule has 0 aliphatic rings. The first-order chi connectivity index (χ1) is 18.6. The molecule has 3 nitrogen and oxygen atoms in total. The van der Waals surface area contributed by atoms with Crippen LogP contribution in [-0.2, 0) is 14.1 Å². The Morgan fingerprint density at radius 1 is 0.744 bits per heavy atom. The summed E-state index contributed by atoms with van der Waals surface area (Å²) in [5, 5.41) is 2.61. The summed E-state index contributed by atoms with van der Waals surface area (Å²) in [6.07, 6.45) is 14.3. The monoisotopic (exact) mass is 560 g/mol. The van der Waals surface area contributed by atoms with Gasteiger partial charge in [-0.25, -0.2) is 0 Å². The van der Waals surface area contributed by atoms with Crippen molar-refractivity contribution in [2.45, 2.75) is 40.5 Å². The zero-order chi connectivity index (χ0) is 28.4. The van der Waals surface area contributed by atoms with Crippen molar-refractivity contribution in [3.05, 3.63) is 138 Å². The van der Waals surface area contributed by atoms with Gasteiger partial charge in [-0.15, -0.1) is 0 Å². The van der Waals surface area contributed by atoms with Crippen LogP contribution >= 0.6 is 6.83 Å². The number of hydrogen-bond donors (Lipinski definition) is 0. The Morgan fingerprint density at radius 3 is 1.62 bits per heavy atom. The zero-order valence-corrected chi connectivity index (χ0v) is 25.5. The summed E-state index contributed by atoms with van der Waals surface area (Å²) >= 11 is 0. The van der Waals surface area contributed by atoms with Gasteiger partial charge >= 0.3 is 236 Å². The maximum absolute atomic E-state index is 13.2. The van der Waals surface area contributed by atoms with Crippen molar-refractivity contribution >= 4 is 32.9 Å². The molecule has 206 valence electrons. The van der Waals surface area contributed by atoms with Crippen molar-refractivity contribution in [3.8, 4) is 0 Å². The first-order valence-electron chi connectivity index (χ1n) is 13.3. The second kappa shape index (κ2) is 13.3. The first kappa shape index (κ1) is 30.5. The number of benzene rings is 3. The van der Waals surface area contributed by atoms with Crippen LogP contribution in [0, 0.1) is 0 Å². The third-order valence-electron chi connectivity index (χ3n) is 6.80. The van der Waals surface area contributed by atoms with E-state index in [1.54, 1.807) is 0 Å². The molecule has 0 amide bonds. The zero-order valence-electron chi connectivity index (χ0n) is 23.7. The maximum atomic E-state index is 13.2. The topological polar surface area (TPSA) is 43.4 Å². The first-order valence-corrected chi connectivity index (χ1v) is 17.5. The molecule has 0 aliphatic carbocycles. The summed E-state index contributed by atoms with van der Waals surface area (Å²) in [4.78, 5) is 0. The molecule has 39 heavy (non-hydrogen) atoms. The van der Waals surface area contributed by atoms with Gasteiger partial charge in [-0.05, 0) is 0 Å². The fraction of sp³-hybridized carbons (Fsp3) is 0.235. The Bertz CT molecular complexity index is 1350. The molecule has 0 atom stereocenters. The number of allylic oxidation sites excluding steroid dienone is 8. The molecular weight excluding hydrogens is 519 g/mol. The Morgan fingerprint density at radius 2 is 1.21 bits per heavy atom. The standard InChI is InChI=1S/C34H41O3PS/c1-29(2)17-15-18-30(3)19-16-20-31(4)27-28-38(37-39(5,35)36,32-21-9-6-10-22-32,33-23-11-7-12-24-33)34-25-13-8-14-26-34/h6-14,16-17,19-27H,15,18,28H2,1-5H3/b20-16+,30-19+,31-27+. The van der Waals surface area contributed by atoms with Crippen LogP contribution in [-0.4, -0.2) is 20.8 Å². The molecule has 3 aromatic carbocycles. The van der Waals surface area contributed by atoms with Crippen LogP contribution in [0.4, 0.5) is 0 Å². The molecule has 0 saturated heterocycles. The summed E-state index contributed by atoms with van der Waals surface area (Å²) in [7, 11) is -3.88. The van der Waals surface area contributed by atoms with Gasteiger partial charge in [0.2, 0.25) is 0 Å². The van der Waals surface area contributed by atoms with Gasteiger partial charge in [0.1, 0.15) is 0 Å². The summed E-state index contributed by atoms with van der Waals surface area (Å²) in [6, 6.07) is 29.6. The van der Waals surface area contributed by atoms with Gasteiger partial charge < -0.3 is 0 Å². The van der Waals surface area contributed by atoms with Crippen LogP contribution in [0.15, 0.2) is 138 Å². The molecule has 0 N–H and O–H groups in total. The van der Waals surface area contributed by atoms with Gasteiger partial charge in [-0.2, -0.15) is 0 Å². The molecule has 3 rings (SSSR count). The van der Waals surface area contributed by atoms with Gasteiger partial charge in [-0.1, -0.05) is 0 Å². The van der Waals surface area contributed by atoms with Crippen LogP contribution in [0.5, 0.6) is 0 Å². The predicted molar refractivity (Wildman–Crippen MR) is 171 cm³/mol. The van der Waals surface area contributed by atoms with Crippen molar-refractivity contribution in [2.75, 3.05) is 12.4 Å². The van der Waals surface area contributed by atoms with Gasteiger partial charge in [0.05, 0.1) is 0 Å². The molecular formula is C34H41O3PS. The van der Waals surface area contributed by atoms with E-state index < -0.39 is 16.9 Å².